The van der Waals surface area contributed by atoms with Crippen LogP contribution in [0, 0.1) is 0 Å². The van der Waals surface area contributed by atoms with E-state index in [1.165, 1.54) is 12.8 Å². The maximum absolute atomic E-state index is 11.8. The molecule has 0 rings (SSSR count). The van der Waals surface area contributed by atoms with E-state index in [1.54, 1.807) is 6.92 Å². The van der Waals surface area contributed by atoms with E-state index in [9.17, 15) is 9.59 Å². The highest BCUT2D eigenvalue weighted by molar-refractivity contribution is 5.83. The van der Waals surface area contributed by atoms with Crippen LogP contribution < -0.4 is 5.32 Å². The molecule has 0 fully saturated rings. The number of nitrogens with zero attached hydrogens (tertiary/aromatic N) is 1. The molecular formula is C17H35N2O3+. The van der Waals surface area contributed by atoms with E-state index < -0.39 is 6.10 Å². The van der Waals surface area contributed by atoms with E-state index in [0.29, 0.717) is 13.0 Å². The molecule has 0 saturated carbocycles. The number of rotatable bonds is 12. The fraction of sp³-hybridized carbons (Fsp3) is 0.882. The molecule has 0 spiro atoms. The molecule has 0 saturated heterocycles. The Hall–Kier alpha value is -1.10. The van der Waals surface area contributed by atoms with Crippen molar-refractivity contribution < 1.29 is 18.8 Å². The number of carbonyl (C=O) groups excluding carboxylic acids is 2. The van der Waals surface area contributed by atoms with E-state index in [-0.39, 0.29) is 11.9 Å². The molecular weight excluding hydrogens is 280 g/mol. The molecule has 5 nitrogen and oxygen atoms in total. The first-order valence-electron chi connectivity index (χ1n) is 8.54. The molecule has 0 aromatic rings. The number of esters is 1. The molecule has 0 aliphatic carbocycles. The quantitative estimate of drug-likeness (QED) is 0.342. The zero-order valence-electron chi connectivity index (χ0n) is 15.1. The lowest BCUT2D eigenvalue weighted by Gasteiger charge is -2.23. The maximum atomic E-state index is 11.8. The Morgan fingerprint density at radius 1 is 1.05 bits per heavy atom. The maximum Gasteiger partial charge on any atom is 0.306 e. The van der Waals surface area contributed by atoms with Crippen molar-refractivity contribution in [3.8, 4) is 0 Å². The van der Waals surface area contributed by atoms with Gasteiger partial charge in [0.05, 0.1) is 27.7 Å². The monoisotopic (exact) mass is 315 g/mol. The lowest BCUT2D eigenvalue weighted by Crippen LogP contribution is -2.40. The molecule has 130 valence electrons. The molecule has 0 aliphatic heterocycles. The SMILES string of the molecule is CCCCCCCC(=O)OC(C)C(=O)NCCC[N+](C)(C)C. The summed E-state index contributed by atoms with van der Waals surface area (Å²) in [5.41, 5.74) is 0. The van der Waals surface area contributed by atoms with Crippen molar-refractivity contribution >= 4 is 11.9 Å². The van der Waals surface area contributed by atoms with Crippen molar-refractivity contribution in [2.24, 2.45) is 0 Å². The highest BCUT2D eigenvalue weighted by Gasteiger charge is 2.17. The smallest absolute Gasteiger partial charge is 0.306 e. The van der Waals surface area contributed by atoms with Gasteiger partial charge in [0, 0.05) is 19.4 Å². The predicted molar refractivity (Wildman–Crippen MR) is 89.5 cm³/mol. The topological polar surface area (TPSA) is 55.4 Å². The number of ether oxygens (including phenoxy) is 1. The van der Waals surface area contributed by atoms with Crippen molar-refractivity contribution in [1.29, 1.82) is 0 Å². The Bertz CT molecular complexity index is 324. The van der Waals surface area contributed by atoms with Crippen molar-refractivity contribution in [3.63, 3.8) is 0 Å². The van der Waals surface area contributed by atoms with Crippen LogP contribution in [-0.4, -0.2) is 56.7 Å². The third-order valence-electron chi connectivity index (χ3n) is 3.47. The average Bonchev–Trinajstić information content (AvgIpc) is 2.42. The first kappa shape index (κ1) is 20.9. The van der Waals surface area contributed by atoms with Gasteiger partial charge in [0.2, 0.25) is 0 Å². The van der Waals surface area contributed by atoms with Crippen molar-refractivity contribution in [3.05, 3.63) is 0 Å². The average molecular weight is 315 g/mol. The molecule has 1 unspecified atom stereocenters. The number of hydrogen-bond acceptors (Lipinski definition) is 3. The number of amides is 1. The Labute approximate surface area is 136 Å². The molecule has 0 aromatic heterocycles. The molecule has 1 N–H and O–H groups in total. The fourth-order valence-corrected chi connectivity index (χ4v) is 2.09. The second-order valence-corrected chi connectivity index (χ2v) is 6.95. The van der Waals surface area contributed by atoms with Gasteiger partial charge < -0.3 is 14.5 Å². The molecule has 1 atom stereocenters. The van der Waals surface area contributed by atoms with Gasteiger partial charge in [-0.15, -0.1) is 0 Å². The fourth-order valence-electron chi connectivity index (χ4n) is 2.09. The van der Waals surface area contributed by atoms with Crippen molar-refractivity contribution in [2.45, 2.75) is 64.9 Å². The highest BCUT2D eigenvalue weighted by atomic mass is 16.5. The standard InChI is InChI=1S/C17H34N2O3/c1-6-7-8-9-10-12-16(20)22-15(2)17(21)18-13-11-14-19(3,4)5/h15H,6-14H2,1-5H3/p+1. The second kappa shape index (κ2) is 11.5. The van der Waals surface area contributed by atoms with Crippen LogP contribution in [-0.2, 0) is 14.3 Å². The predicted octanol–water partition coefficient (Wildman–Crippen LogP) is 2.49. The number of nitrogens with one attached hydrogen (secondary N) is 1. The number of hydrogen-bond donors (Lipinski definition) is 1. The third kappa shape index (κ3) is 12.6. The number of unbranched alkanes of at least 4 members (excludes halogenated alkanes) is 4. The van der Waals surface area contributed by atoms with Crippen molar-refractivity contribution in [2.75, 3.05) is 34.2 Å². The van der Waals surface area contributed by atoms with E-state index in [4.69, 9.17) is 4.74 Å². The summed E-state index contributed by atoms with van der Waals surface area (Å²) < 4.78 is 6.04. The first-order valence-corrected chi connectivity index (χ1v) is 8.54. The number of quaternary nitrogens is 1. The normalized spacial score (nSPS) is 12.8. The van der Waals surface area contributed by atoms with Gasteiger partial charge in [-0.05, 0) is 13.3 Å². The molecule has 22 heavy (non-hydrogen) atoms. The van der Waals surface area contributed by atoms with Crippen LogP contribution in [0.25, 0.3) is 0 Å². The minimum atomic E-state index is -0.702. The first-order chi connectivity index (χ1) is 10.3. The van der Waals surface area contributed by atoms with E-state index in [0.717, 1.165) is 36.7 Å². The van der Waals surface area contributed by atoms with Gasteiger partial charge in [-0.25, -0.2) is 0 Å². The van der Waals surface area contributed by atoms with E-state index >= 15 is 0 Å². The Morgan fingerprint density at radius 3 is 2.27 bits per heavy atom. The van der Waals surface area contributed by atoms with E-state index in [2.05, 4.69) is 33.4 Å². The summed E-state index contributed by atoms with van der Waals surface area (Å²) in [4.78, 5) is 23.5. The summed E-state index contributed by atoms with van der Waals surface area (Å²) in [6.45, 7) is 5.40. The Balaban J connectivity index is 3.73. The van der Waals surface area contributed by atoms with Crippen LogP contribution in [0.4, 0.5) is 0 Å². The molecule has 0 aliphatic rings. The van der Waals surface area contributed by atoms with Crippen LogP contribution in [0.1, 0.15) is 58.8 Å². The van der Waals surface area contributed by atoms with Crippen LogP contribution in [0.2, 0.25) is 0 Å². The van der Waals surface area contributed by atoms with Crippen LogP contribution >= 0.6 is 0 Å². The van der Waals surface area contributed by atoms with Crippen LogP contribution in [0.5, 0.6) is 0 Å². The zero-order chi connectivity index (χ0) is 17.0. The van der Waals surface area contributed by atoms with Gasteiger partial charge in [0.15, 0.2) is 6.10 Å². The molecule has 0 heterocycles. The minimum absolute atomic E-state index is 0.208. The van der Waals surface area contributed by atoms with Gasteiger partial charge in [0.25, 0.3) is 5.91 Å². The summed E-state index contributed by atoms with van der Waals surface area (Å²) in [6, 6.07) is 0. The summed E-state index contributed by atoms with van der Waals surface area (Å²) in [6.07, 6.45) is 6.07. The molecule has 0 bridgehead atoms. The van der Waals surface area contributed by atoms with Gasteiger partial charge >= 0.3 is 5.97 Å². The van der Waals surface area contributed by atoms with Gasteiger partial charge in [-0.2, -0.15) is 0 Å². The summed E-state index contributed by atoms with van der Waals surface area (Å²) in [5.74, 6) is -0.480. The molecule has 0 aromatic carbocycles. The van der Waals surface area contributed by atoms with Gasteiger partial charge in [-0.1, -0.05) is 32.6 Å². The lowest BCUT2D eigenvalue weighted by atomic mass is 10.1. The molecule has 5 heteroatoms. The molecule has 1 amide bonds. The van der Waals surface area contributed by atoms with Crippen LogP contribution in [0.3, 0.4) is 0 Å². The summed E-state index contributed by atoms with van der Waals surface area (Å²) in [5, 5.41) is 2.82. The highest BCUT2D eigenvalue weighted by Crippen LogP contribution is 2.06. The zero-order valence-corrected chi connectivity index (χ0v) is 15.1. The van der Waals surface area contributed by atoms with E-state index in [1.807, 2.05) is 0 Å². The van der Waals surface area contributed by atoms with Gasteiger partial charge in [-0.3, -0.25) is 9.59 Å². The number of carbonyl (C=O) groups is 2. The lowest BCUT2D eigenvalue weighted by molar-refractivity contribution is -0.870. The Kier molecular flexibility index (Phi) is 10.9. The van der Waals surface area contributed by atoms with Crippen molar-refractivity contribution in [1.82, 2.24) is 5.32 Å². The Morgan fingerprint density at radius 2 is 1.68 bits per heavy atom. The minimum Gasteiger partial charge on any atom is -0.453 e. The largest absolute Gasteiger partial charge is 0.453 e. The van der Waals surface area contributed by atoms with Gasteiger partial charge in [0.1, 0.15) is 0 Å². The summed E-state index contributed by atoms with van der Waals surface area (Å²) in [7, 11) is 6.35. The molecule has 0 radical (unpaired) electrons. The van der Waals surface area contributed by atoms with Crippen LogP contribution in [0.15, 0.2) is 0 Å². The third-order valence-corrected chi connectivity index (χ3v) is 3.47. The second-order valence-electron chi connectivity index (χ2n) is 6.95. The summed E-state index contributed by atoms with van der Waals surface area (Å²) >= 11 is 0.